The fraction of sp³-hybridized carbons (Fsp3) is 0.387. The number of ether oxygens (including phenoxy) is 1. The van der Waals surface area contributed by atoms with Gasteiger partial charge in [0.15, 0.2) is 10.8 Å². The van der Waals surface area contributed by atoms with Crippen LogP contribution in [0.3, 0.4) is 0 Å². The van der Waals surface area contributed by atoms with Gasteiger partial charge >= 0.3 is 5.97 Å². The van der Waals surface area contributed by atoms with Crippen LogP contribution < -0.4 is 25.6 Å². The van der Waals surface area contributed by atoms with Crippen molar-refractivity contribution >= 4 is 73.4 Å². The molecule has 0 aliphatic carbocycles. The summed E-state index contributed by atoms with van der Waals surface area (Å²) in [4.78, 5) is 88.7. The third-order valence-corrected chi connectivity index (χ3v) is 17.9. The number of anilines is 2. The number of carboxylic acids is 1. The highest BCUT2D eigenvalue weighted by molar-refractivity contribution is 7.22. The summed E-state index contributed by atoms with van der Waals surface area (Å²) < 4.78 is 7.37. The Hall–Kier alpha value is -7.58. The van der Waals surface area contributed by atoms with Crippen LogP contribution in [0.2, 0.25) is 0 Å². The second-order valence-electron chi connectivity index (χ2n) is 22.6. The van der Waals surface area contributed by atoms with Crippen molar-refractivity contribution in [1.29, 1.82) is 0 Å². The van der Waals surface area contributed by atoms with Crippen LogP contribution in [0.5, 0.6) is 5.75 Å². The molecule has 19 heteroatoms. The minimum absolute atomic E-state index is 0.00824. The number of aliphatic hydroxyl groups is 1. The Balaban J connectivity index is 0.706. The lowest BCUT2D eigenvalue weighted by Crippen LogP contribution is -2.59. The average molecular weight is 1130 g/mol. The van der Waals surface area contributed by atoms with Crippen molar-refractivity contribution in [3.63, 3.8) is 0 Å². The SMILES string of the molecule is Cc1ncsc1-c1ccc([C@H](C)NC(=O)[C@@H]2C[C@@H](O)CN2C(=O)C(NC(=O)CN2CCC(CCOc3cccc(-c4ccc(N5CCc6cccc(C(=O)Nc7nc8ccccc8s7)c6C5)nc4C(=O)O)c3C)CC2)C(C)(C)C)cc1. The number of amides is 4. The van der Waals surface area contributed by atoms with E-state index < -0.39 is 35.5 Å². The van der Waals surface area contributed by atoms with E-state index in [-0.39, 0.29) is 49.0 Å². The quantitative estimate of drug-likeness (QED) is 0.0575. The molecule has 6 heterocycles. The lowest BCUT2D eigenvalue weighted by Gasteiger charge is -2.36. The number of rotatable bonds is 17. The molecular weight excluding hydrogens is 1060 g/mol. The number of benzene rings is 4. The molecule has 10 rings (SSSR count). The summed E-state index contributed by atoms with van der Waals surface area (Å²) in [6, 6.07) is 28.5. The summed E-state index contributed by atoms with van der Waals surface area (Å²) in [5, 5.41) is 30.9. The predicted molar refractivity (Wildman–Crippen MR) is 316 cm³/mol. The minimum Gasteiger partial charge on any atom is -0.493 e. The van der Waals surface area contributed by atoms with Crippen molar-refractivity contribution in [2.75, 3.05) is 49.5 Å². The molecule has 17 nitrogen and oxygen atoms in total. The molecule has 2 fully saturated rings. The largest absolute Gasteiger partial charge is 0.493 e. The molecule has 422 valence electrons. The number of aryl methyl sites for hydroxylation is 1. The van der Waals surface area contributed by atoms with Gasteiger partial charge in [0, 0.05) is 37.2 Å². The number of aliphatic hydroxyl groups excluding tert-OH is 1. The topological polar surface area (TPSA) is 220 Å². The smallest absolute Gasteiger partial charge is 0.355 e. The van der Waals surface area contributed by atoms with Gasteiger partial charge in [0.25, 0.3) is 5.91 Å². The zero-order chi connectivity index (χ0) is 57.1. The fourth-order valence-electron chi connectivity index (χ4n) is 11.3. The Labute approximate surface area is 479 Å². The number of hydrogen-bond donors (Lipinski definition) is 5. The van der Waals surface area contributed by atoms with Crippen LogP contribution in [0.1, 0.15) is 108 Å². The van der Waals surface area contributed by atoms with Gasteiger partial charge in [0.2, 0.25) is 17.7 Å². The molecule has 4 amide bonds. The zero-order valence-corrected chi connectivity index (χ0v) is 48.2. The van der Waals surface area contributed by atoms with Gasteiger partial charge in [0.1, 0.15) is 23.7 Å². The van der Waals surface area contributed by atoms with Crippen molar-refractivity contribution in [3.05, 3.63) is 142 Å². The van der Waals surface area contributed by atoms with E-state index in [4.69, 9.17) is 9.72 Å². The van der Waals surface area contributed by atoms with Crippen LogP contribution in [-0.4, -0.2) is 122 Å². The van der Waals surface area contributed by atoms with E-state index in [9.17, 15) is 34.2 Å². The highest BCUT2D eigenvalue weighted by Gasteiger charge is 2.45. The Morgan fingerprint density at radius 3 is 2.36 bits per heavy atom. The van der Waals surface area contributed by atoms with Crippen LogP contribution in [0.25, 0.3) is 31.8 Å². The van der Waals surface area contributed by atoms with Gasteiger partial charge in [-0.3, -0.25) is 29.4 Å². The van der Waals surface area contributed by atoms with Crippen LogP contribution in [-0.2, 0) is 27.3 Å². The summed E-state index contributed by atoms with van der Waals surface area (Å²) in [6.45, 7) is 14.4. The molecule has 0 bridgehead atoms. The molecule has 1 unspecified atom stereocenters. The first-order chi connectivity index (χ1) is 38.9. The molecular formula is C62H69N9O8S2. The van der Waals surface area contributed by atoms with E-state index in [2.05, 4.69) is 30.8 Å². The number of hydrogen-bond acceptors (Lipinski definition) is 14. The van der Waals surface area contributed by atoms with Crippen LogP contribution >= 0.6 is 22.7 Å². The molecule has 3 aromatic heterocycles. The first kappa shape index (κ1) is 56.7. The molecule has 0 radical (unpaired) electrons. The predicted octanol–water partition coefficient (Wildman–Crippen LogP) is 9.46. The normalized spacial score (nSPS) is 17.6. The zero-order valence-electron chi connectivity index (χ0n) is 46.5. The number of nitrogens with zero attached hydrogens (tertiary/aromatic N) is 6. The maximum atomic E-state index is 14.3. The number of nitrogens with one attached hydrogen (secondary N) is 3. The van der Waals surface area contributed by atoms with Crippen LogP contribution in [0.4, 0.5) is 10.9 Å². The maximum Gasteiger partial charge on any atom is 0.355 e. The van der Waals surface area contributed by atoms with E-state index in [0.717, 1.165) is 67.9 Å². The number of carbonyl (C=O) groups excluding carboxylic acids is 4. The number of β-amino-alcohol motifs (C(OH)–C–C–N with tert-alkyl or cyclic N) is 1. The van der Waals surface area contributed by atoms with Crippen LogP contribution in [0.15, 0.2) is 103 Å². The number of thiazole rings is 2. The molecule has 4 atom stereocenters. The summed E-state index contributed by atoms with van der Waals surface area (Å²) in [5.41, 5.74) is 9.24. The molecule has 0 saturated carbocycles. The summed E-state index contributed by atoms with van der Waals surface area (Å²) in [7, 11) is 0. The molecule has 81 heavy (non-hydrogen) atoms. The second-order valence-corrected chi connectivity index (χ2v) is 24.5. The molecule has 2 saturated heterocycles. The van der Waals surface area contributed by atoms with Crippen molar-refractivity contribution in [1.82, 2.24) is 35.4 Å². The van der Waals surface area contributed by atoms with Crippen molar-refractivity contribution in [3.8, 4) is 27.3 Å². The lowest BCUT2D eigenvalue weighted by molar-refractivity contribution is -0.144. The van der Waals surface area contributed by atoms with E-state index in [1.807, 2.05) is 143 Å². The second kappa shape index (κ2) is 24.3. The molecule has 5 N–H and O–H groups in total. The fourth-order valence-corrected chi connectivity index (χ4v) is 13.0. The number of piperidine rings is 1. The van der Waals surface area contributed by atoms with Crippen molar-refractivity contribution in [2.24, 2.45) is 11.3 Å². The lowest BCUT2D eigenvalue weighted by atomic mass is 9.85. The molecule has 4 aromatic carbocycles. The van der Waals surface area contributed by atoms with Gasteiger partial charge < -0.3 is 35.4 Å². The van der Waals surface area contributed by atoms with Gasteiger partial charge in [-0.15, -0.1) is 11.3 Å². The minimum atomic E-state index is -1.15. The van der Waals surface area contributed by atoms with Gasteiger partial charge in [-0.2, -0.15) is 0 Å². The number of likely N-dealkylation sites (tertiary alicyclic amines) is 2. The first-order valence-corrected chi connectivity index (χ1v) is 29.4. The number of carbonyl (C=O) groups is 5. The summed E-state index contributed by atoms with van der Waals surface area (Å²) in [6.07, 6.45) is 2.38. The Kier molecular flexibility index (Phi) is 17.0. The number of fused-ring (bicyclic) bond motifs is 2. The molecule has 7 aromatic rings. The van der Waals surface area contributed by atoms with E-state index in [1.165, 1.54) is 16.2 Å². The van der Waals surface area contributed by atoms with Gasteiger partial charge in [-0.05, 0) is 141 Å². The van der Waals surface area contributed by atoms with Gasteiger partial charge in [-0.25, -0.2) is 19.7 Å². The monoisotopic (exact) mass is 1130 g/mol. The van der Waals surface area contributed by atoms with Crippen molar-refractivity contribution < 1.29 is 38.9 Å². The number of para-hydroxylation sites is 1. The molecule has 0 spiro atoms. The van der Waals surface area contributed by atoms with Gasteiger partial charge in [0.05, 0.1) is 51.6 Å². The molecule has 3 aliphatic heterocycles. The van der Waals surface area contributed by atoms with Crippen LogP contribution in [0, 0.1) is 25.2 Å². The van der Waals surface area contributed by atoms with Gasteiger partial charge in [-0.1, -0.05) is 92.8 Å². The number of pyridine rings is 1. The maximum absolute atomic E-state index is 14.3. The van der Waals surface area contributed by atoms with E-state index in [1.54, 1.807) is 17.4 Å². The number of carboxylic acid groups (broad SMARTS) is 1. The summed E-state index contributed by atoms with van der Waals surface area (Å²) >= 11 is 2.99. The third kappa shape index (κ3) is 12.8. The van der Waals surface area contributed by atoms with Crippen molar-refractivity contribution in [2.45, 2.75) is 104 Å². The Morgan fingerprint density at radius 1 is 0.864 bits per heavy atom. The Bertz CT molecular complexity index is 3440. The molecule has 3 aliphatic rings. The summed E-state index contributed by atoms with van der Waals surface area (Å²) in [5.74, 6) is -0.923. The highest BCUT2D eigenvalue weighted by atomic mass is 32.1. The Morgan fingerprint density at radius 2 is 1.63 bits per heavy atom. The highest BCUT2D eigenvalue weighted by Crippen LogP contribution is 2.36. The number of aromatic nitrogens is 3. The number of aromatic carboxylic acids is 1. The van der Waals surface area contributed by atoms with E-state index >= 15 is 0 Å². The standard InChI is InChI=1S/C62H69N9O8S2/c1-36-44(45-21-22-52(66-54(45)60(77)78)70-29-25-41-11-9-13-46(47(41)33-70)57(74)68-61-65-48-14-7-8-16-51(48)81-61)12-10-15-50(36)79-30-26-39-23-27-69(28-24-39)34-53(73)67-56(62(4,5)6)59(76)71-32-43(72)31-49(71)58(75)64-37(2)40-17-19-42(20-18-40)55-38(3)63-35-80-55/h7-22,35,37,39,43,49,56,72H,23-34H2,1-6H3,(H,64,75)(H,67,73)(H,77,78)(H,65,68,74)/t37-,43+,49-,56?/m0/s1. The third-order valence-electron chi connectivity index (χ3n) is 15.9. The first-order valence-electron chi connectivity index (χ1n) is 27.7. The average Bonchev–Trinajstić information content (AvgIpc) is 4.29. The van der Waals surface area contributed by atoms with E-state index in [0.29, 0.717) is 78.5 Å².